The van der Waals surface area contributed by atoms with Crippen molar-refractivity contribution >= 4 is 29.2 Å². The molecule has 0 aliphatic carbocycles. The molecule has 0 heterocycles. The number of benzene rings is 1. The van der Waals surface area contributed by atoms with E-state index in [-0.39, 0.29) is 22.4 Å². The fourth-order valence-corrected chi connectivity index (χ4v) is 2.08. The Labute approximate surface area is 138 Å². The van der Waals surface area contributed by atoms with Crippen molar-refractivity contribution in [2.24, 2.45) is 0 Å². The molecule has 0 radical (unpaired) electrons. The second-order valence-electron chi connectivity index (χ2n) is 4.59. The summed E-state index contributed by atoms with van der Waals surface area (Å²) >= 11 is 11.7. The van der Waals surface area contributed by atoms with E-state index in [4.69, 9.17) is 33.0 Å². The van der Waals surface area contributed by atoms with E-state index in [1.807, 2.05) is 6.92 Å². The molecule has 0 aliphatic rings. The van der Waals surface area contributed by atoms with Gasteiger partial charge in [0.1, 0.15) is 12.4 Å². The Kier molecular flexibility index (Phi) is 7.15. The summed E-state index contributed by atoms with van der Waals surface area (Å²) in [7, 11) is 0. The van der Waals surface area contributed by atoms with Gasteiger partial charge in [-0.3, -0.25) is 0 Å². The third-order valence-electron chi connectivity index (χ3n) is 2.50. The lowest BCUT2D eigenvalue weighted by Gasteiger charge is -2.10. The molecule has 6 heteroatoms. The topological polar surface area (TPSA) is 46.5 Å². The monoisotopic (exact) mass is 344 g/mol. The van der Waals surface area contributed by atoms with Gasteiger partial charge in [0.05, 0.1) is 10.0 Å². The van der Waals surface area contributed by atoms with Crippen molar-refractivity contribution in [3.05, 3.63) is 63.4 Å². The molecule has 1 aromatic carbocycles. The second kappa shape index (κ2) is 8.61. The van der Waals surface area contributed by atoms with Gasteiger partial charge in [-0.05, 0) is 37.1 Å². The molecule has 1 aromatic rings. The summed E-state index contributed by atoms with van der Waals surface area (Å²) in [6, 6.07) is 2.25. The van der Waals surface area contributed by atoms with Crippen molar-refractivity contribution in [3.8, 4) is 5.75 Å². The van der Waals surface area contributed by atoms with E-state index in [2.05, 4.69) is 0 Å². The highest BCUT2D eigenvalue weighted by Gasteiger charge is 2.09. The van der Waals surface area contributed by atoms with Crippen LogP contribution in [0.15, 0.2) is 47.6 Å². The normalized spacial score (nSPS) is 12.8. The molecule has 0 saturated carbocycles. The molecule has 3 nitrogen and oxygen atoms in total. The highest BCUT2D eigenvalue weighted by molar-refractivity contribution is 6.37. The predicted octanol–water partition coefficient (Wildman–Crippen LogP) is 5.04. The molecule has 0 bridgehead atoms. The fourth-order valence-electron chi connectivity index (χ4n) is 1.51. The summed E-state index contributed by atoms with van der Waals surface area (Å²) in [6.07, 6.45) is 6.25. The van der Waals surface area contributed by atoms with E-state index >= 15 is 0 Å². The first-order valence-corrected chi connectivity index (χ1v) is 7.07. The zero-order valence-corrected chi connectivity index (χ0v) is 13.6. The SMILES string of the molecule is CC(/C=C/C=C(\C)COc1c(Cl)cc(F)cc1Cl)=C\C(=O)O. The Bertz CT molecular complexity index is 626. The molecule has 0 atom stereocenters. The second-order valence-corrected chi connectivity index (χ2v) is 5.40. The summed E-state index contributed by atoms with van der Waals surface area (Å²) in [6.45, 7) is 3.73. The van der Waals surface area contributed by atoms with Crippen LogP contribution in [0.5, 0.6) is 5.75 Å². The molecule has 0 unspecified atom stereocenters. The zero-order valence-electron chi connectivity index (χ0n) is 12.1. The predicted molar refractivity (Wildman–Crippen MR) is 86.2 cm³/mol. The molecule has 0 saturated heterocycles. The number of halogens is 3. The van der Waals surface area contributed by atoms with E-state index < -0.39 is 11.8 Å². The first-order chi connectivity index (χ1) is 10.3. The van der Waals surface area contributed by atoms with E-state index in [0.29, 0.717) is 5.57 Å². The quantitative estimate of drug-likeness (QED) is 0.580. The molecule has 22 heavy (non-hydrogen) atoms. The Hall–Kier alpha value is -1.78. The van der Waals surface area contributed by atoms with Gasteiger partial charge >= 0.3 is 5.97 Å². The highest BCUT2D eigenvalue weighted by atomic mass is 35.5. The molecular weight excluding hydrogens is 330 g/mol. The summed E-state index contributed by atoms with van der Waals surface area (Å²) in [5.74, 6) is -1.30. The van der Waals surface area contributed by atoms with Crippen LogP contribution in [0.2, 0.25) is 10.0 Å². The van der Waals surface area contributed by atoms with Gasteiger partial charge in [-0.2, -0.15) is 0 Å². The van der Waals surface area contributed by atoms with Crippen LogP contribution in [-0.2, 0) is 4.79 Å². The number of rotatable bonds is 6. The molecule has 0 aromatic heterocycles. The summed E-state index contributed by atoms with van der Waals surface area (Å²) in [5, 5.41) is 8.79. The number of carboxylic acid groups (broad SMARTS) is 1. The van der Waals surface area contributed by atoms with Gasteiger partial charge in [-0.1, -0.05) is 41.4 Å². The van der Waals surface area contributed by atoms with Crippen molar-refractivity contribution in [3.63, 3.8) is 0 Å². The Balaban J connectivity index is 2.67. The minimum absolute atomic E-state index is 0.105. The van der Waals surface area contributed by atoms with Crippen molar-refractivity contribution < 1.29 is 19.0 Å². The molecule has 0 aliphatic heterocycles. The Morgan fingerprint density at radius 2 is 1.91 bits per heavy atom. The van der Waals surface area contributed by atoms with Gasteiger partial charge in [0.15, 0.2) is 5.75 Å². The maximum absolute atomic E-state index is 13.0. The molecular formula is C16H15Cl2FO3. The molecule has 118 valence electrons. The Morgan fingerprint density at radius 1 is 1.32 bits per heavy atom. The number of aliphatic carboxylic acids is 1. The van der Waals surface area contributed by atoms with Crippen LogP contribution in [0.25, 0.3) is 0 Å². The number of carbonyl (C=O) groups is 1. The van der Waals surface area contributed by atoms with Crippen LogP contribution in [-0.4, -0.2) is 17.7 Å². The van der Waals surface area contributed by atoms with Crippen molar-refractivity contribution in [2.75, 3.05) is 6.61 Å². The standard InChI is InChI=1S/C16H15Cl2FO3/c1-10(6-15(20)21)4-3-5-11(2)9-22-16-13(17)7-12(19)8-14(16)18/h3-8H,9H2,1-2H3,(H,20,21)/b4-3+,10-6+,11-5+. The molecule has 0 fully saturated rings. The van der Waals surface area contributed by atoms with Gasteiger partial charge in [0.2, 0.25) is 0 Å². The number of hydrogen-bond acceptors (Lipinski definition) is 2. The number of hydrogen-bond donors (Lipinski definition) is 1. The molecule has 0 amide bonds. The van der Waals surface area contributed by atoms with Gasteiger partial charge < -0.3 is 9.84 Å². The number of allylic oxidation sites excluding steroid dienone is 4. The van der Waals surface area contributed by atoms with Crippen LogP contribution >= 0.6 is 23.2 Å². The summed E-state index contributed by atoms with van der Waals surface area (Å²) in [5.41, 5.74) is 1.47. The first-order valence-electron chi connectivity index (χ1n) is 6.32. The third kappa shape index (κ3) is 6.33. The lowest BCUT2D eigenvalue weighted by atomic mass is 10.2. The van der Waals surface area contributed by atoms with Crippen molar-refractivity contribution in [1.29, 1.82) is 0 Å². The summed E-state index contributed by atoms with van der Waals surface area (Å²) < 4.78 is 18.5. The average molecular weight is 345 g/mol. The van der Waals surface area contributed by atoms with E-state index in [9.17, 15) is 9.18 Å². The van der Waals surface area contributed by atoms with Crippen LogP contribution < -0.4 is 4.74 Å². The van der Waals surface area contributed by atoms with Crippen LogP contribution in [0, 0.1) is 5.82 Å². The number of carboxylic acids is 1. The van der Waals surface area contributed by atoms with Crippen molar-refractivity contribution in [2.45, 2.75) is 13.8 Å². The number of ether oxygens (including phenoxy) is 1. The fraction of sp³-hybridized carbons (Fsp3) is 0.188. The largest absolute Gasteiger partial charge is 0.486 e. The smallest absolute Gasteiger partial charge is 0.328 e. The van der Waals surface area contributed by atoms with Crippen LogP contribution in [0.4, 0.5) is 4.39 Å². The third-order valence-corrected chi connectivity index (χ3v) is 3.06. The summed E-state index contributed by atoms with van der Waals surface area (Å²) in [4.78, 5) is 10.5. The van der Waals surface area contributed by atoms with Crippen molar-refractivity contribution in [1.82, 2.24) is 0 Å². The maximum Gasteiger partial charge on any atom is 0.328 e. The Morgan fingerprint density at radius 3 is 2.45 bits per heavy atom. The van der Waals surface area contributed by atoms with Crippen LogP contribution in [0.3, 0.4) is 0 Å². The van der Waals surface area contributed by atoms with E-state index in [1.165, 1.54) is 0 Å². The lowest BCUT2D eigenvalue weighted by Crippen LogP contribution is -2.00. The van der Waals surface area contributed by atoms with E-state index in [1.54, 1.807) is 25.2 Å². The molecule has 1 N–H and O–H groups in total. The lowest BCUT2D eigenvalue weighted by molar-refractivity contribution is -0.131. The van der Waals surface area contributed by atoms with Gasteiger partial charge in [0.25, 0.3) is 0 Å². The first kappa shape index (κ1) is 18.3. The zero-order chi connectivity index (χ0) is 16.7. The molecule has 0 spiro atoms. The van der Waals surface area contributed by atoms with Crippen LogP contribution in [0.1, 0.15) is 13.8 Å². The minimum Gasteiger partial charge on any atom is -0.486 e. The van der Waals surface area contributed by atoms with Gasteiger partial charge in [0, 0.05) is 6.08 Å². The van der Waals surface area contributed by atoms with E-state index in [0.717, 1.165) is 23.8 Å². The van der Waals surface area contributed by atoms with Gasteiger partial charge in [-0.15, -0.1) is 0 Å². The highest BCUT2D eigenvalue weighted by Crippen LogP contribution is 2.33. The average Bonchev–Trinajstić information content (AvgIpc) is 2.36. The molecule has 1 rings (SSSR count). The van der Waals surface area contributed by atoms with Gasteiger partial charge in [-0.25, -0.2) is 9.18 Å². The minimum atomic E-state index is -0.994. The maximum atomic E-state index is 13.0.